The third-order valence-electron chi connectivity index (χ3n) is 5.74. The molecule has 1 unspecified atom stereocenters. The minimum atomic E-state index is -0.658. The highest BCUT2D eigenvalue weighted by Crippen LogP contribution is 2.39. The Kier molecular flexibility index (Phi) is 6.67. The summed E-state index contributed by atoms with van der Waals surface area (Å²) >= 11 is 0. The predicted octanol–water partition coefficient (Wildman–Crippen LogP) is 3.46. The Morgan fingerprint density at radius 3 is 2.53 bits per heavy atom. The summed E-state index contributed by atoms with van der Waals surface area (Å²) in [7, 11) is 0. The van der Waals surface area contributed by atoms with Crippen LogP contribution < -0.4 is 0 Å². The number of pyridine rings is 1. The van der Waals surface area contributed by atoms with Crippen molar-refractivity contribution in [2.75, 3.05) is 26.2 Å². The molecule has 1 aromatic carbocycles. The van der Waals surface area contributed by atoms with Gasteiger partial charge >= 0.3 is 0 Å². The highest BCUT2D eigenvalue weighted by atomic mass is 16.3. The highest BCUT2D eigenvalue weighted by molar-refractivity contribution is 6.46. The highest BCUT2D eigenvalue weighted by Gasteiger charge is 2.46. The Bertz CT molecular complexity index is 965. The van der Waals surface area contributed by atoms with Crippen LogP contribution in [-0.2, 0) is 9.59 Å². The van der Waals surface area contributed by atoms with Crippen LogP contribution in [0.25, 0.3) is 5.76 Å². The maximum atomic E-state index is 13.1. The Morgan fingerprint density at radius 2 is 1.90 bits per heavy atom. The van der Waals surface area contributed by atoms with Crippen molar-refractivity contribution in [1.29, 1.82) is 0 Å². The molecule has 1 aliphatic rings. The van der Waals surface area contributed by atoms with E-state index in [0.29, 0.717) is 24.2 Å². The second-order valence-corrected chi connectivity index (χ2v) is 7.62. The number of aromatic nitrogens is 1. The second-order valence-electron chi connectivity index (χ2n) is 7.62. The molecule has 2 heterocycles. The Hall–Kier alpha value is -2.99. The smallest absolute Gasteiger partial charge is 0.295 e. The molecule has 1 fully saturated rings. The van der Waals surface area contributed by atoms with Crippen molar-refractivity contribution >= 4 is 17.4 Å². The maximum Gasteiger partial charge on any atom is 0.295 e. The van der Waals surface area contributed by atoms with Gasteiger partial charge in [0, 0.05) is 31.0 Å². The van der Waals surface area contributed by atoms with Crippen molar-refractivity contribution in [2.24, 2.45) is 0 Å². The van der Waals surface area contributed by atoms with Crippen molar-refractivity contribution in [3.05, 3.63) is 70.6 Å². The van der Waals surface area contributed by atoms with Gasteiger partial charge in [0.25, 0.3) is 11.7 Å². The number of hydrogen-bond donors (Lipinski definition) is 1. The third kappa shape index (κ3) is 4.14. The van der Waals surface area contributed by atoms with E-state index in [1.165, 1.54) is 0 Å². The number of aryl methyl sites for hydroxylation is 2. The van der Waals surface area contributed by atoms with E-state index in [9.17, 15) is 14.7 Å². The lowest BCUT2D eigenvalue weighted by atomic mass is 9.94. The summed E-state index contributed by atoms with van der Waals surface area (Å²) in [6.07, 6.45) is 3.30. The molecule has 1 saturated heterocycles. The van der Waals surface area contributed by atoms with Crippen molar-refractivity contribution in [3.8, 4) is 0 Å². The van der Waals surface area contributed by atoms with Gasteiger partial charge in [-0.3, -0.25) is 14.6 Å². The topological polar surface area (TPSA) is 73.7 Å². The summed E-state index contributed by atoms with van der Waals surface area (Å²) in [6, 6.07) is 8.65. The predicted molar refractivity (Wildman–Crippen MR) is 117 cm³/mol. The number of aliphatic hydroxyl groups excluding tert-OH is 1. The first-order valence-corrected chi connectivity index (χ1v) is 10.4. The third-order valence-corrected chi connectivity index (χ3v) is 5.74. The average molecular weight is 408 g/mol. The number of likely N-dealkylation sites (tertiary alicyclic amines) is 1. The number of ketones is 1. The Morgan fingerprint density at radius 1 is 1.17 bits per heavy atom. The van der Waals surface area contributed by atoms with E-state index < -0.39 is 17.7 Å². The average Bonchev–Trinajstić information content (AvgIpc) is 3.01. The zero-order chi connectivity index (χ0) is 21.8. The number of hydrogen-bond acceptors (Lipinski definition) is 5. The van der Waals surface area contributed by atoms with Gasteiger partial charge in [-0.15, -0.1) is 0 Å². The van der Waals surface area contributed by atoms with E-state index in [1.54, 1.807) is 23.4 Å². The SMILES string of the molecule is CCN(CC)CCN1C(=O)C(=O)/C(=C(/O)c2cc(C)ccc2C)C1c1cccnc1. The molecule has 0 bridgehead atoms. The lowest BCUT2D eigenvalue weighted by Crippen LogP contribution is -2.38. The molecule has 6 heteroatoms. The van der Waals surface area contributed by atoms with Crippen LogP contribution in [0.3, 0.4) is 0 Å². The first kappa shape index (κ1) is 21.7. The van der Waals surface area contributed by atoms with Gasteiger partial charge in [0.1, 0.15) is 5.76 Å². The fourth-order valence-electron chi connectivity index (χ4n) is 3.92. The standard InChI is InChI=1S/C24H29N3O3/c1-5-26(6-2)12-13-27-21(18-8-7-11-25-15-18)20(23(29)24(27)30)22(28)19-14-16(3)9-10-17(19)4/h7-11,14-15,21,28H,5-6,12-13H2,1-4H3/b22-20+. The monoisotopic (exact) mass is 407 g/mol. The van der Waals surface area contributed by atoms with Crippen molar-refractivity contribution in [2.45, 2.75) is 33.7 Å². The molecule has 158 valence electrons. The number of carbonyl (C=O) groups is 2. The molecule has 0 radical (unpaired) electrons. The van der Waals surface area contributed by atoms with Gasteiger partial charge in [0.05, 0.1) is 11.6 Å². The first-order valence-electron chi connectivity index (χ1n) is 10.4. The summed E-state index contributed by atoms with van der Waals surface area (Å²) in [5.41, 5.74) is 3.23. The molecule has 0 spiro atoms. The van der Waals surface area contributed by atoms with E-state index in [2.05, 4.69) is 23.7 Å². The number of Topliss-reactive ketones (excluding diaryl/α,β-unsaturated/α-hetero) is 1. The van der Waals surface area contributed by atoms with Crippen LogP contribution >= 0.6 is 0 Å². The van der Waals surface area contributed by atoms with E-state index in [-0.39, 0.29) is 11.3 Å². The number of carbonyl (C=O) groups excluding carboxylic acids is 2. The molecule has 1 atom stereocenters. The van der Waals surface area contributed by atoms with Gasteiger partial charge in [-0.25, -0.2) is 0 Å². The fraction of sp³-hybridized carbons (Fsp3) is 0.375. The summed E-state index contributed by atoms with van der Waals surface area (Å²) in [4.78, 5) is 34.0. The van der Waals surface area contributed by atoms with Crippen LogP contribution in [0, 0.1) is 13.8 Å². The van der Waals surface area contributed by atoms with Crippen LogP contribution in [-0.4, -0.2) is 57.8 Å². The van der Waals surface area contributed by atoms with Crippen LogP contribution in [0.5, 0.6) is 0 Å². The van der Waals surface area contributed by atoms with Gasteiger partial charge < -0.3 is 14.9 Å². The maximum absolute atomic E-state index is 13.1. The number of amides is 1. The summed E-state index contributed by atoms with van der Waals surface area (Å²) in [6.45, 7) is 10.7. The number of rotatable bonds is 7. The van der Waals surface area contributed by atoms with Gasteiger partial charge in [0.2, 0.25) is 0 Å². The van der Waals surface area contributed by atoms with Crippen LogP contribution in [0.15, 0.2) is 48.3 Å². The van der Waals surface area contributed by atoms with Gasteiger partial charge in [-0.1, -0.05) is 37.6 Å². The van der Waals surface area contributed by atoms with Gasteiger partial charge in [0.15, 0.2) is 0 Å². The molecule has 0 aliphatic carbocycles. The molecule has 3 rings (SSSR count). The van der Waals surface area contributed by atoms with E-state index >= 15 is 0 Å². The Labute approximate surface area is 177 Å². The fourth-order valence-corrected chi connectivity index (χ4v) is 3.92. The second kappa shape index (κ2) is 9.22. The number of aliphatic hydroxyl groups is 1. The molecule has 6 nitrogen and oxygen atoms in total. The van der Waals surface area contributed by atoms with Gasteiger partial charge in [-0.05, 0) is 50.2 Å². The minimum Gasteiger partial charge on any atom is -0.507 e. The molecule has 1 N–H and O–H groups in total. The molecule has 1 amide bonds. The lowest BCUT2D eigenvalue weighted by molar-refractivity contribution is -0.140. The summed E-state index contributed by atoms with van der Waals surface area (Å²) in [5, 5.41) is 11.2. The van der Waals surface area contributed by atoms with Crippen molar-refractivity contribution in [1.82, 2.24) is 14.8 Å². The van der Waals surface area contributed by atoms with Crippen LogP contribution in [0.1, 0.15) is 42.1 Å². The zero-order valence-electron chi connectivity index (χ0n) is 18.1. The van der Waals surface area contributed by atoms with Gasteiger partial charge in [-0.2, -0.15) is 0 Å². The Balaban J connectivity index is 2.12. The number of benzene rings is 1. The molecular formula is C24H29N3O3. The normalized spacial score (nSPS) is 18.4. The summed E-state index contributed by atoms with van der Waals surface area (Å²) in [5.74, 6) is -1.36. The molecule has 2 aromatic rings. The van der Waals surface area contributed by atoms with E-state index in [4.69, 9.17) is 0 Å². The molecule has 30 heavy (non-hydrogen) atoms. The largest absolute Gasteiger partial charge is 0.507 e. The minimum absolute atomic E-state index is 0.126. The first-order chi connectivity index (χ1) is 14.4. The van der Waals surface area contributed by atoms with Crippen molar-refractivity contribution in [3.63, 3.8) is 0 Å². The zero-order valence-corrected chi connectivity index (χ0v) is 18.1. The number of nitrogens with zero attached hydrogens (tertiary/aromatic N) is 3. The quantitative estimate of drug-likeness (QED) is 0.432. The lowest BCUT2D eigenvalue weighted by Gasteiger charge is -2.28. The number of likely N-dealkylation sites (N-methyl/N-ethyl adjacent to an activating group) is 1. The van der Waals surface area contributed by atoms with Crippen molar-refractivity contribution < 1.29 is 14.7 Å². The summed E-state index contributed by atoms with van der Waals surface area (Å²) < 4.78 is 0. The molecule has 0 saturated carbocycles. The van der Waals surface area contributed by atoms with E-state index in [0.717, 1.165) is 24.2 Å². The molecule has 1 aromatic heterocycles. The van der Waals surface area contributed by atoms with E-state index in [1.807, 2.05) is 38.1 Å². The van der Waals surface area contributed by atoms with Crippen LogP contribution in [0.2, 0.25) is 0 Å². The van der Waals surface area contributed by atoms with Crippen LogP contribution in [0.4, 0.5) is 0 Å². The molecular weight excluding hydrogens is 378 g/mol. The molecule has 1 aliphatic heterocycles.